The van der Waals surface area contributed by atoms with Gasteiger partial charge in [-0.25, -0.2) is 9.97 Å². The van der Waals surface area contributed by atoms with Crippen LogP contribution in [0.1, 0.15) is 11.1 Å². The first-order valence-corrected chi connectivity index (χ1v) is 14.7. The van der Waals surface area contributed by atoms with Crippen molar-refractivity contribution in [1.82, 2.24) is 15.0 Å². The van der Waals surface area contributed by atoms with Crippen molar-refractivity contribution in [2.75, 3.05) is 0 Å². The number of benzene rings is 5. The van der Waals surface area contributed by atoms with E-state index in [4.69, 9.17) is 9.97 Å². The summed E-state index contributed by atoms with van der Waals surface area (Å²) in [7, 11) is 0. The maximum Gasteiger partial charge on any atom is 0.179 e. The van der Waals surface area contributed by atoms with E-state index in [-0.39, 0.29) is 0 Å². The van der Waals surface area contributed by atoms with E-state index in [0.29, 0.717) is 5.82 Å². The molecule has 0 aliphatic heterocycles. The van der Waals surface area contributed by atoms with Crippen LogP contribution in [0.4, 0.5) is 0 Å². The Bertz CT molecular complexity index is 2040. The highest BCUT2D eigenvalue weighted by atomic mass is 14.9. The summed E-state index contributed by atoms with van der Waals surface area (Å²) < 4.78 is 0. The lowest BCUT2D eigenvalue weighted by atomic mass is 9.88. The molecule has 0 bridgehead atoms. The van der Waals surface area contributed by atoms with Crippen LogP contribution in [0.25, 0.3) is 68.4 Å². The van der Waals surface area contributed by atoms with E-state index in [9.17, 15) is 0 Å². The van der Waals surface area contributed by atoms with Crippen LogP contribution in [-0.4, -0.2) is 15.0 Å². The molecular weight excluding hydrogens is 534 g/mol. The molecule has 0 radical (unpaired) electrons. The summed E-state index contributed by atoms with van der Waals surface area (Å²) in [6, 6.07) is 54.1. The summed E-state index contributed by atoms with van der Waals surface area (Å²) in [6.45, 7) is 0. The lowest BCUT2D eigenvalue weighted by Crippen LogP contribution is -2.03. The van der Waals surface area contributed by atoms with Crippen LogP contribution in [-0.2, 0) is 0 Å². The number of hydrogen-bond donors (Lipinski definition) is 0. The molecular formula is C41H29N3. The zero-order valence-corrected chi connectivity index (χ0v) is 24.1. The molecule has 2 aromatic heterocycles. The molecule has 0 saturated heterocycles. The van der Waals surface area contributed by atoms with Gasteiger partial charge in [0.1, 0.15) is 5.69 Å². The molecule has 0 spiro atoms. The van der Waals surface area contributed by atoms with Gasteiger partial charge in [-0.05, 0) is 39.9 Å². The highest BCUT2D eigenvalue weighted by Gasteiger charge is 2.23. The van der Waals surface area contributed by atoms with Gasteiger partial charge in [0.15, 0.2) is 5.82 Å². The Balaban J connectivity index is 1.56. The van der Waals surface area contributed by atoms with E-state index >= 15 is 0 Å². The molecule has 0 atom stereocenters. The molecule has 5 aromatic carbocycles. The van der Waals surface area contributed by atoms with Gasteiger partial charge in [0.05, 0.1) is 11.4 Å². The molecule has 2 heterocycles. The Labute approximate surface area is 257 Å². The Hall–Kier alpha value is -5.93. The quantitative estimate of drug-likeness (QED) is 0.181. The molecule has 7 rings (SSSR count). The maximum atomic E-state index is 5.32. The Kier molecular flexibility index (Phi) is 7.66. The standard InChI is InChI=1S/C41H29N3/c1-4-16-30(17-5-1)27-28-32-20-10-11-24-35(32)40-38(36-25-13-12-23-34(36)31-18-6-2-7-19-31)39(33-21-8-3-9-22-33)43-41(44-40)37-26-14-15-29-42-37/h1-29H. The first-order chi connectivity index (χ1) is 21.8. The second kappa shape index (κ2) is 12.5. The van der Waals surface area contributed by atoms with Crippen LogP contribution in [0.2, 0.25) is 0 Å². The fraction of sp³-hybridized carbons (Fsp3) is 0. The van der Waals surface area contributed by atoms with Crippen molar-refractivity contribution in [3.05, 3.63) is 175 Å². The van der Waals surface area contributed by atoms with Crippen LogP contribution in [0.15, 0.2) is 164 Å². The summed E-state index contributed by atoms with van der Waals surface area (Å²) in [5.74, 6) is 0.585. The maximum absolute atomic E-state index is 5.32. The van der Waals surface area contributed by atoms with Crippen molar-refractivity contribution in [2.45, 2.75) is 0 Å². The van der Waals surface area contributed by atoms with Crippen LogP contribution in [0.5, 0.6) is 0 Å². The minimum atomic E-state index is 0.585. The molecule has 0 amide bonds. The molecule has 0 unspecified atom stereocenters. The highest BCUT2D eigenvalue weighted by Crippen LogP contribution is 2.44. The van der Waals surface area contributed by atoms with Crippen molar-refractivity contribution in [2.24, 2.45) is 0 Å². The van der Waals surface area contributed by atoms with Crippen LogP contribution in [0, 0.1) is 0 Å². The molecule has 3 heteroatoms. The number of nitrogens with zero attached hydrogens (tertiary/aromatic N) is 3. The predicted molar refractivity (Wildman–Crippen MR) is 182 cm³/mol. The van der Waals surface area contributed by atoms with Gasteiger partial charge >= 0.3 is 0 Å². The highest BCUT2D eigenvalue weighted by molar-refractivity contribution is 5.99. The largest absolute Gasteiger partial charge is 0.253 e. The van der Waals surface area contributed by atoms with Gasteiger partial charge in [0.25, 0.3) is 0 Å². The third-order valence-corrected chi connectivity index (χ3v) is 7.60. The summed E-state index contributed by atoms with van der Waals surface area (Å²) in [6.07, 6.45) is 6.10. The van der Waals surface area contributed by atoms with E-state index in [1.807, 2.05) is 36.4 Å². The van der Waals surface area contributed by atoms with Crippen LogP contribution >= 0.6 is 0 Å². The Morgan fingerprint density at radius 3 is 1.68 bits per heavy atom. The summed E-state index contributed by atoms with van der Waals surface area (Å²) in [4.78, 5) is 15.2. The van der Waals surface area contributed by atoms with Crippen LogP contribution < -0.4 is 0 Å². The molecule has 0 saturated carbocycles. The SMILES string of the molecule is C(=Cc1ccccc1-c1nc(-c2ccccn2)nc(-c2ccccc2)c1-c1ccccc1-c1ccccc1)c1ccccc1. The number of hydrogen-bond acceptors (Lipinski definition) is 3. The molecule has 7 aromatic rings. The topological polar surface area (TPSA) is 38.7 Å². The first kappa shape index (κ1) is 26.9. The van der Waals surface area contributed by atoms with Gasteiger partial charge in [-0.3, -0.25) is 4.98 Å². The van der Waals surface area contributed by atoms with Gasteiger partial charge in [-0.1, -0.05) is 158 Å². The van der Waals surface area contributed by atoms with E-state index in [1.165, 1.54) is 0 Å². The second-order valence-electron chi connectivity index (χ2n) is 10.4. The average molecular weight is 564 g/mol. The lowest BCUT2D eigenvalue weighted by molar-refractivity contribution is 1.15. The van der Waals surface area contributed by atoms with Gasteiger partial charge in [0.2, 0.25) is 0 Å². The van der Waals surface area contributed by atoms with Crippen molar-refractivity contribution >= 4 is 12.2 Å². The Morgan fingerprint density at radius 1 is 0.409 bits per heavy atom. The third-order valence-electron chi connectivity index (χ3n) is 7.60. The second-order valence-corrected chi connectivity index (χ2v) is 10.4. The van der Waals surface area contributed by atoms with E-state index in [0.717, 1.165) is 61.6 Å². The fourth-order valence-corrected chi connectivity index (χ4v) is 5.50. The smallest absolute Gasteiger partial charge is 0.179 e. The number of aromatic nitrogens is 3. The molecule has 0 N–H and O–H groups in total. The van der Waals surface area contributed by atoms with Crippen molar-refractivity contribution in [3.8, 4) is 56.3 Å². The minimum Gasteiger partial charge on any atom is -0.253 e. The minimum absolute atomic E-state index is 0.585. The van der Waals surface area contributed by atoms with Crippen LogP contribution in [0.3, 0.4) is 0 Å². The van der Waals surface area contributed by atoms with E-state index < -0.39 is 0 Å². The number of pyridine rings is 1. The average Bonchev–Trinajstić information content (AvgIpc) is 3.12. The third kappa shape index (κ3) is 5.59. The summed E-state index contributed by atoms with van der Waals surface area (Å²) in [5, 5.41) is 0. The summed E-state index contributed by atoms with van der Waals surface area (Å²) >= 11 is 0. The van der Waals surface area contributed by atoms with Crippen molar-refractivity contribution < 1.29 is 0 Å². The van der Waals surface area contributed by atoms with E-state index in [1.54, 1.807) is 6.20 Å². The molecule has 0 fully saturated rings. The van der Waals surface area contributed by atoms with Gasteiger partial charge in [-0.2, -0.15) is 0 Å². The molecule has 44 heavy (non-hydrogen) atoms. The zero-order chi connectivity index (χ0) is 29.6. The molecule has 3 nitrogen and oxygen atoms in total. The Morgan fingerprint density at radius 2 is 0.977 bits per heavy atom. The normalized spacial score (nSPS) is 11.1. The number of rotatable bonds is 7. The monoisotopic (exact) mass is 563 g/mol. The zero-order valence-electron chi connectivity index (χ0n) is 24.1. The van der Waals surface area contributed by atoms with E-state index in [2.05, 4.69) is 138 Å². The molecule has 0 aliphatic rings. The fourth-order valence-electron chi connectivity index (χ4n) is 5.50. The molecule has 208 valence electrons. The summed E-state index contributed by atoms with van der Waals surface area (Å²) in [5.41, 5.74) is 11.0. The van der Waals surface area contributed by atoms with Crippen molar-refractivity contribution in [1.29, 1.82) is 0 Å². The molecule has 0 aliphatic carbocycles. The van der Waals surface area contributed by atoms with Gasteiger partial charge < -0.3 is 0 Å². The lowest BCUT2D eigenvalue weighted by Gasteiger charge is -2.20. The van der Waals surface area contributed by atoms with Gasteiger partial charge in [0, 0.05) is 22.9 Å². The predicted octanol–water partition coefficient (Wildman–Crippen LogP) is 10.4. The van der Waals surface area contributed by atoms with Crippen molar-refractivity contribution in [3.63, 3.8) is 0 Å². The van der Waals surface area contributed by atoms with Gasteiger partial charge in [-0.15, -0.1) is 0 Å². The first-order valence-electron chi connectivity index (χ1n) is 14.7.